The number of aryl methyl sites for hydroxylation is 2. The Kier molecular flexibility index (Phi) is 4.00. The zero-order valence-electron chi connectivity index (χ0n) is 10.4. The van der Waals surface area contributed by atoms with Gasteiger partial charge in [-0.3, -0.25) is 0 Å². The van der Waals surface area contributed by atoms with E-state index in [9.17, 15) is 0 Å². The quantitative estimate of drug-likeness (QED) is 0.871. The van der Waals surface area contributed by atoms with Gasteiger partial charge in [0, 0.05) is 16.4 Å². The lowest BCUT2D eigenvalue weighted by molar-refractivity contribution is 0.0797. The number of ether oxygens (including phenoxy) is 1. The van der Waals surface area contributed by atoms with Crippen LogP contribution in [0, 0.1) is 13.8 Å². The van der Waals surface area contributed by atoms with Crippen molar-refractivity contribution in [2.24, 2.45) is 0 Å². The first kappa shape index (κ1) is 12.1. The molecule has 1 aromatic rings. The van der Waals surface area contributed by atoms with Crippen molar-refractivity contribution in [2.45, 2.75) is 45.8 Å². The summed E-state index contributed by atoms with van der Waals surface area (Å²) in [6.07, 6.45) is 2.76. The average Bonchev–Trinajstić information content (AvgIpc) is 2.85. The molecule has 1 saturated heterocycles. The van der Waals surface area contributed by atoms with E-state index >= 15 is 0 Å². The second kappa shape index (κ2) is 5.30. The van der Waals surface area contributed by atoms with Crippen molar-refractivity contribution in [2.75, 3.05) is 13.2 Å². The molecule has 1 aliphatic rings. The van der Waals surface area contributed by atoms with E-state index in [1.807, 2.05) is 11.3 Å². The highest BCUT2D eigenvalue weighted by Crippen LogP contribution is 2.33. The maximum atomic E-state index is 5.83. The zero-order valence-corrected chi connectivity index (χ0v) is 11.2. The van der Waals surface area contributed by atoms with Crippen LogP contribution in [0.1, 0.15) is 41.1 Å². The first-order valence-corrected chi connectivity index (χ1v) is 6.96. The zero-order chi connectivity index (χ0) is 11.5. The maximum Gasteiger partial charge on any atom is 0.0778 e. The Morgan fingerprint density at radius 3 is 2.88 bits per heavy atom. The van der Waals surface area contributed by atoms with Gasteiger partial charge in [0.05, 0.1) is 12.1 Å². The van der Waals surface area contributed by atoms with Crippen molar-refractivity contribution in [3.05, 3.63) is 21.4 Å². The minimum atomic E-state index is 0.372. The lowest BCUT2D eigenvalue weighted by Crippen LogP contribution is -2.31. The Hall–Kier alpha value is -0.380. The highest BCUT2D eigenvalue weighted by Gasteiger charge is 2.28. The summed E-state index contributed by atoms with van der Waals surface area (Å²) in [6, 6.07) is 2.67. The van der Waals surface area contributed by atoms with Gasteiger partial charge < -0.3 is 10.1 Å². The predicted octanol–water partition coefficient (Wildman–Crippen LogP) is 3.19. The number of rotatable bonds is 4. The Bertz CT molecular complexity index is 342. The Balaban J connectivity index is 2.20. The van der Waals surface area contributed by atoms with Crippen LogP contribution in [0.4, 0.5) is 0 Å². The Morgan fingerprint density at radius 1 is 1.56 bits per heavy atom. The molecule has 3 heteroatoms. The van der Waals surface area contributed by atoms with Gasteiger partial charge in [-0.1, -0.05) is 6.92 Å². The van der Waals surface area contributed by atoms with E-state index in [0.717, 1.165) is 13.2 Å². The van der Waals surface area contributed by atoms with Crippen molar-refractivity contribution in [1.82, 2.24) is 5.32 Å². The van der Waals surface area contributed by atoms with Crippen molar-refractivity contribution in [3.63, 3.8) is 0 Å². The molecule has 0 aromatic carbocycles. The molecule has 0 aliphatic carbocycles. The molecule has 2 atom stereocenters. The molecule has 1 fully saturated rings. The molecular formula is C13H21NOS. The standard InChI is InChI=1S/C13H21NOS/c1-4-14-12(11-6-5-7-15-11)13-9(2)8-10(3)16-13/h8,11-12,14H,4-7H2,1-3H3. The maximum absolute atomic E-state index is 5.83. The summed E-state index contributed by atoms with van der Waals surface area (Å²) in [6.45, 7) is 8.48. The third-order valence-electron chi connectivity index (χ3n) is 3.12. The van der Waals surface area contributed by atoms with Crippen molar-refractivity contribution in [3.8, 4) is 0 Å². The van der Waals surface area contributed by atoms with E-state index in [1.54, 1.807) is 0 Å². The third-order valence-corrected chi connectivity index (χ3v) is 4.36. The lowest BCUT2D eigenvalue weighted by Gasteiger charge is -2.23. The topological polar surface area (TPSA) is 21.3 Å². The fourth-order valence-electron chi connectivity index (χ4n) is 2.45. The van der Waals surface area contributed by atoms with Gasteiger partial charge in [-0.05, 0) is 44.9 Å². The smallest absolute Gasteiger partial charge is 0.0778 e. The second-order valence-corrected chi connectivity index (χ2v) is 5.78. The van der Waals surface area contributed by atoms with E-state index in [4.69, 9.17) is 4.74 Å². The third kappa shape index (κ3) is 2.47. The molecule has 0 radical (unpaired) electrons. The summed E-state index contributed by atoms with van der Waals surface area (Å²) in [5.74, 6) is 0. The summed E-state index contributed by atoms with van der Waals surface area (Å²) >= 11 is 1.91. The van der Waals surface area contributed by atoms with Crippen LogP contribution in [-0.2, 0) is 4.74 Å². The van der Waals surface area contributed by atoms with Crippen LogP contribution in [0.3, 0.4) is 0 Å². The van der Waals surface area contributed by atoms with E-state index in [-0.39, 0.29) is 0 Å². The summed E-state index contributed by atoms with van der Waals surface area (Å²) in [4.78, 5) is 2.86. The Morgan fingerprint density at radius 2 is 2.38 bits per heavy atom. The summed E-state index contributed by atoms with van der Waals surface area (Å²) in [5.41, 5.74) is 1.41. The molecule has 16 heavy (non-hydrogen) atoms. The van der Waals surface area contributed by atoms with E-state index < -0.39 is 0 Å². The molecule has 1 aromatic heterocycles. The molecule has 2 unspecified atom stereocenters. The highest BCUT2D eigenvalue weighted by atomic mass is 32.1. The van der Waals surface area contributed by atoms with E-state index in [0.29, 0.717) is 12.1 Å². The predicted molar refractivity (Wildman–Crippen MR) is 69.2 cm³/mol. The van der Waals surface area contributed by atoms with E-state index in [2.05, 4.69) is 32.2 Å². The summed E-state index contributed by atoms with van der Waals surface area (Å²) in [5, 5.41) is 3.58. The van der Waals surface area contributed by atoms with Crippen molar-refractivity contribution >= 4 is 11.3 Å². The summed E-state index contributed by atoms with van der Waals surface area (Å²) < 4.78 is 5.83. The van der Waals surface area contributed by atoms with Crippen LogP contribution in [0.5, 0.6) is 0 Å². The molecule has 0 amide bonds. The average molecular weight is 239 g/mol. The first-order chi connectivity index (χ1) is 7.72. The molecule has 0 spiro atoms. The number of hydrogen-bond acceptors (Lipinski definition) is 3. The second-order valence-electron chi connectivity index (χ2n) is 4.49. The summed E-state index contributed by atoms with van der Waals surface area (Å²) in [7, 11) is 0. The van der Waals surface area contributed by atoms with Gasteiger partial charge in [-0.15, -0.1) is 11.3 Å². The number of hydrogen-bond donors (Lipinski definition) is 1. The number of likely N-dealkylation sites (N-methyl/N-ethyl adjacent to an activating group) is 1. The fourth-order valence-corrected chi connectivity index (χ4v) is 3.61. The van der Waals surface area contributed by atoms with Crippen LogP contribution in [0.2, 0.25) is 0 Å². The van der Waals surface area contributed by atoms with Crippen LogP contribution < -0.4 is 5.32 Å². The highest BCUT2D eigenvalue weighted by molar-refractivity contribution is 7.12. The molecule has 1 aliphatic heterocycles. The molecule has 2 nitrogen and oxygen atoms in total. The molecule has 90 valence electrons. The normalized spacial score (nSPS) is 22.6. The van der Waals surface area contributed by atoms with Crippen LogP contribution in [-0.4, -0.2) is 19.3 Å². The van der Waals surface area contributed by atoms with E-state index in [1.165, 1.54) is 28.2 Å². The largest absolute Gasteiger partial charge is 0.376 e. The van der Waals surface area contributed by atoms with Crippen molar-refractivity contribution in [1.29, 1.82) is 0 Å². The van der Waals surface area contributed by atoms with Gasteiger partial charge in [0.1, 0.15) is 0 Å². The molecule has 1 N–H and O–H groups in total. The first-order valence-electron chi connectivity index (χ1n) is 6.14. The van der Waals surface area contributed by atoms with Crippen LogP contribution in [0.15, 0.2) is 6.07 Å². The number of thiophene rings is 1. The monoisotopic (exact) mass is 239 g/mol. The molecule has 2 heterocycles. The lowest BCUT2D eigenvalue weighted by atomic mass is 10.0. The van der Waals surface area contributed by atoms with Gasteiger partial charge in [-0.2, -0.15) is 0 Å². The van der Waals surface area contributed by atoms with Crippen LogP contribution in [0.25, 0.3) is 0 Å². The van der Waals surface area contributed by atoms with Gasteiger partial charge in [-0.25, -0.2) is 0 Å². The van der Waals surface area contributed by atoms with Crippen molar-refractivity contribution < 1.29 is 4.74 Å². The molecule has 2 rings (SSSR count). The van der Waals surface area contributed by atoms with Gasteiger partial charge in [0.15, 0.2) is 0 Å². The minimum absolute atomic E-state index is 0.372. The number of nitrogens with one attached hydrogen (secondary N) is 1. The molecule has 0 bridgehead atoms. The molecular weight excluding hydrogens is 218 g/mol. The van der Waals surface area contributed by atoms with Crippen LogP contribution >= 0.6 is 11.3 Å². The Labute approximate surface area is 102 Å². The minimum Gasteiger partial charge on any atom is -0.376 e. The van der Waals surface area contributed by atoms with Gasteiger partial charge in [0.2, 0.25) is 0 Å². The van der Waals surface area contributed by atoms with Gasteiger partial charge in [0.25, 0.3) is 0 Å². The SMILES string of the molecule is CCNC(c1sc(C)cc1C)C1CCCO1. The van der Waals surface area contributed by atoms with Gasteiger partial charge >= 0.3 is 0 Å². The fraction of sp³-hybridized carbons (Fsp3) is 0.692. The molecule has 0 saturated carbocycles.